The molecule has 2 N–H and O–H groups in total. The van der Waals surface area contributed by atoms with Crippen LogP contribution in [0.25, 0.3) is 33.4 Å². The summed E-state index contributed by atoms with van der Waals surface area (Å²) in [7, 11) is -3.14. The zero-order valence-electron chi connectivity index (χ0n) is 29.8. The fraction of sp³-hybridized carbons (Fsp3) is 0.389. The summed E-state index contributed by atoms with van der Waals surface area (Å²) >= 11 is 0. The van der Waals surface area contributed by atoms with E-state index in [0.717, 1.165) is 45.2 Å². The summed E-state index contributed by atoms with van der Waals surface area (Å²) in [5.41, 5.74) is 15.9. The molecule has 0 saturated heterocycles. The minimum absolute atomic E-state index is 0.134. The summed E-state index contributed by atoms with van der Waals surface area (Å²) in [6.45, 7) is 23.1. The topological polar surface area (TPSA) is 127 Å². The maximum atomic E-state index is 6.60. The van der Waals surface area contributed by atoms with Crippen LogP contribution in [0.1, 0.15) is 38.0 Å². The first-order valence-corrected chi connectivity index (χ1v) is 22.9. The Morgan fingerprint density at radius 1 is 0.917 bits per heavy atom. The van der Waals surface area contributed by atoms with E-state index in [-0.39, 0.29) is 17.8 Å². The van der Waals surface area contributed by atoms with Gasteiger partial charge in [-0.3, -0.25) is 0 Å². The van der Waals surface area contributed by atoms with E-state index in [0.29, 0.717) is 29.6 Å². The van der Waals surface area contributed by atoms with E-state index in [9.17, 15) is 0 Å². The summed E-state index contributed by atoms with van der Waals surface area (Å²) in [5.74, 6) is 4.78. The van der Waals surface area contributed by atoms with Crippen LogP contribution in [0.15, 0.2) is 49.1 Å². The van der Waals surface area contributed by atoms with Crippen molar-refractivity contribution < 1.29 is 9.47 Å². The summed E-state index contributed by atoms with van der Waals surface area (Å²) in [5, 5.41) is 0.868. The van der Waals surface area contributed by atoms with Gasteiger partial charge in [-0.05, 0) is 54.6 Å². The molecule has 10 nitrogen and oxygen atoms in total. The third-order valence-corrected chi connectivity index (χ3v) is 15.0. The zero-order valence-corrected chi connectivity index (χ0v) is 31.8. The monoisotopic (exact) mass is 678 g/mol. The van der Waals surface area contributed by atoms with Crippen LogP contribution in [-0.4, -0.2) is 57.2 Å². The normalized spacial score (nSPS) is 12.2. The number of aryl methyl sites for hydroxylation is 2. The first-order chi connectivity index (χ1) is 22.5. The number of benzene rings is 1. The molecule has 0 amide bonds. The molecule has 0 aliphatic carbocycles. The van der Waals surface area contributed by atoms with Gasteiger partial charge in [0.15, 0.2) is 0 Å². The number of ether oxygens (including phenoxy) is 2. The molecule has 0 saturated carbocycles. The molecule has 0 aliphatic rings. The molecule has 1 aromatic carbocycles. The van der Waals surface area contributed by atoms with Crippen LogP contribution in [0.5, 0.6) is 11.8 Å². The second-order valence-electron chi connectivity index (χ2n) is 14.9. The average Bonchev–Trinajstić information content (AvgIpc) is 3.33. The molecule has 48 heavy (non-hydrogen) atoms. The molecule has 0 atom stereocenters. The fourth-order valence-corrected chi connectivity index (χ4v) is 6.40. The lowest BCUT2D eigenvalue weighted by molar-refractivity contribution is 0.0909. The Hall–Kier alpha value is -4.45. The minimum Gasteiger partial charge on any atom is -0.424 e. The predicted molar refractivity (Wildman–Crippen MR) is 198 cm³/mol. The molecule has 250 valence electrons. The number of nitrogens with zero attached hydrogens (tertiary/aromatic N) is 7. The molecule has 4 aromatic heterocycles. The summed E-state index contributed by atoms with van der Waals surface area (Å²) in [6, 6.07) is 10.9. The van der Waals surface area contributed by atoms with Crippen LogP contribution in [0.2, 0.25) is 43.8 Å². The maximum absolute atomic E-state index is 6.60. The van der Waals surface area contributed by atoms with Crippen LogP contribution in [0, 0.1) is 25.3 Å². The highest BCUT2D eigenvalue weighted by atomic mass is 28.3. The van der Waals surface area contributed by atoms with Crippen LogP contribution in [-0.2, 0) is 11.5 Å². The van der Waals surface area contributed by atoms with E-state index in [4.69, 9.17) is 30.2 Å². The largest absolute Gasteiger partial charge is 0.424 e. The number of rotatable bonds is 9. The standard InChI is InChI=1S/C36H46N8O2Si2/c1-24-15-17-38-35(42-24)46-27-13-11-26(12-14-27)30-31-33(37)40-22-41-34(31)44(23-45-18-20-47(6,7)8)32(30)28-21-39-29(43-25(28)2)16-19-48(9,10)36(3,4)5/h11-15,17,21-22H,18,20,23H2,1-10H3,(H2,37,40,41). The lowest BCUT2D eigenvalue weighted by Gasteiger charge is -2.31. The van der Waals surface area contributed by atoms with Gasteiger partial charge in [0.05, 0.1) is 16.8 Å². The van der Waals surface area contributed by atoms with Crippen molar-refractivity contribution >= 4 is 33.0 Å². The molecular weight excluding hydrogens is 633 g/mol. The number of hydrogen-bond donors (Lipinski definition) is 1. The smallest absolute Gasteiger partial charge is 0.322 e. The number of hydrogen-bond acceptors (Lipinski definition) is 9. The third-order valence-electron chi connectivity index (χ3n) is 8.81. The molecule has 0 unspecified atom stereocenters. The molecule has 0 spiro atoms. The van der Waals surface area contributed by atoms with Crippen LogP contribution < -0.4 is 10.5 Å². The number of nitrogen functional groups attached to an aromatic ring is 1. The number of nitrogens with two attached hydrogens (primary N) is 1. The van der Waals surface area contributed by atoms with Crippen molar-refractivity contribution in [2.24, 2.45) is 0 Å². The summed E-state index contributed by atoms with van der Waals surface area (Å²) in [4.78, 5) is 27.3. The quantitative estimate of drug-likeness (QED) is 0.0936. The van der Waals surface area contributed by atoms with Crippen molar-refractivity contribution in [2.45, 2.75) is 85.2 Å². The van der Waals surface area contributed by atoms with Gasteiger partial charge in [-0.15, -0.1) is 5.54 Å². The second-order valence-corrected chi connectivity index (χ2v) is 25.5. The van der Waals surface area contributed by atoms with Crippen molar-refractivity contribution in [1.82, 2.24) is 34.5 Å². The first-order valence-electron chi connectivity index (χ1n) is 16.2. The van der Waals surface area contributed by atoms with Gasteiger partial charge in [-0.2, -0.15) is 0 Å². The van der Waals surface area contributed by atoms with Gasteiger partial charge in [0.1, 0.15) is 38.3 Å². The van der Waals surface area contributed by atoms with Crippen molar-refractivity contribution in [3.8, 4) is 45.6 Å². The second kappa shape index (κ2) is 13.6. The molecule has 0 aliphatic heterocycles. The number of aromatic nitrogens is 7. The van der Waals surface area contributed by atoms with Crippen molar-refractivity contribution in [2.75, 3.05) is 12.3 Å². The Kier molecular flexibility index (Phi) is 9.87. The SMILES string of the molecule is Cc1ccnc(Oc2ccc(-c3c(-c4cnc(C#C[Si](C)(C)C(C)(C)C)nc4C)n(COCC[Si](C)(C)C)c4ncnc(N)c34)cc2)n1. The molecular formula is C36H46N8O2Si2. The Balaban J connectivity index is 1.64. The van der Waals surface area contributed by atoms with Crippen LogP contribution in [0.3, 0.4) is 0 Å². The van der Waals surface area contributed by atoms with E-state index < -0.39 is 16.1 Å². The first kappa shape index (κ1) is 34.9. The fourth-order valence-electron chi connectivity index (χ4n) is 4.84. The predicted octanol–water partition coefficient (Wildman–Crippen LogP) is 8.05. The van der Waals surface area contributed by atoms with E-state index in [1.54, 1.807) is 6.20 Å². The molecule has 4 heterocycles. The van der Waals surface area contributed by atoms with E-state index in [1.807, 2.05) is 50.4 Å². The van der Waals surface area contributed by atoms with Gasteiger partial charge in [0.2, 0.25) is 5.82 Å². The molecule has 0 bridgehead atoms. The van der Waals surface area contributed by atoms with Crippen molar-refractivity contribution in [1.29, 1.82) is 0 Å². The highest BCUT2D eigenvalue weighted by Crippen LogP contribution is 2.43. The van der Waals surface area contributed by atoms with Gasteiger partial charge >= 0.3 is 6.01 Å². The average molecular weight is 679 g/mol. The summed E-state index contributed by atoms with van der Waals surface area (Å²) < 4.78 is 14.3. The van der Waals surface area contributed by atoms with Gasteiger partial charge in [0.25, 0.3) is 0 Å². The van der Waals surface area contributed by atoms with Gasteiger partial charge in [-0.25, -0.2) is 29.9 Å². The van der Waals surface area contributed by atoms with Crippen LogP contribution >= 0.6 is 0 Å². The van der Waals surface area contributed by atoms with E-state index in [2.05, 4.69) is 84.5 Å². The highest BCUT2D eigenvalue weighted by molar-refractivity contribution is 6.87. The Morgan fingerprint density at radius 2 is 1.65 bits per heavy atom. The Bertz CT molecular complexity index is 2000. The maximum Gasteiger partial charge on any atom is 0.322 e. The van der Waals surface area contributed by atoms with Crippen molar-refractivity contribution in [3.63, 3.8) is 0 Å². The third kappa shape index (κ3) is 7.81. The molecule has 5 rings (SSSR count). The number of anilines is 1. The lowest BCUT2D eigenvalue weighted by Crippen LogP contribution is -2.35. The Morgan fingerprint density at radius 3 is 2.29 bits per heavy atom. The van der Waals surface area contributed by atoms with E-state index in [1.165, 1.54) is 6.33 Å². The van der Waals surface area contributed by atoms with E-state index >= 15 is 0 Å². The van der Waals surface area contributed by atoms with Gasteiger partial charge in [-0.1, -0.05) is 65.6 Å². The highest BCUT2D eigenvalue weighted by Gasteiger charge is 2.34. The van der Waals surface area contributed by atoms with Crippen molar-refractivity contribution in [3.05, 3.63) is 66.3 Å². The minimum atomic E-state index is -1.84. The molecule has 0 radical (unpaired) electrons. The number of fused-ring (bicyclic) bond motifs is 1. The van der Waals surface area contributed by atoms with Crippen LogP contribution in [0.4, 0.5) is 5.82 Å². The molecule has 12 heteroatoms. The lowest BCUT2D eigenvalue weighted by atomic mass is 9.98. The zero-order chi connectivity index (χ0) is 34.9. The van der Waals surface area contributed by atoms with Gasteiger partial charge in [0, 0.05) is 43.9 Å². The molecule has 0 fully saturated rings. The Labute approximate surface area is 285 Å². The summed E-state index contributed by atoms with van der Waals surface area (Å²) in [6.07, 6.45) is 5.02. The molecule has 5 aromatic rings. The van der Waals surface area contributed by atoms with Gasteiger partial charge < -0.3 is 19.8 Å².